The number of hydrogen-bond acceptors (Lipinski definition) is 5. The minimum atomic E-state index is -0.879. The van der Waals surface area contributed by atoms with Gasteiger partial charge in [0.05, 0.1) is 19.8 Å². The molecule has 6 nitrogen and oxygen atoms in total. The van der Waals surface area contributed by atoms with Crippen molar-refractivity contribution >= 4 is 11.9 Å². The summed E-state index contributed by atoms with van der Waals surface area (Å²) in [7, 11) is 0. The molecule has 0 bridgehead atoms. The summed E-state index contributed by atoms with van der Waals surface area (Å²) < 4.78 is 15.7. The van der Waals surface area contributed by atoms with E-state index in [-0.39, 0.29) is 13.0 Å². The highest BCUT2D eigenvalue weighted by Gasteiger charge is 2.20. The van der Waals surface area contributed by atoms with Crippen molar-refractivity contribution in [1.82, 2.24) is 0 Å². The Morgan fingerprint density at radius 1 is 1.10 bits per heavy atom. The smallest absolute Gasteiger partial charge is 0.335 e. The Morgan fingerprint density at radius 2 is 1.85 bits per heavy atom. The molecule has 0 aliphatic rings. The predicted octanol–water partition coefficient (Wildman–Crippen LogP) is 2.01. The summed E-state index contributed by atoms with van der Waals surface area (Å²) in [6, 6.07) is 0. The van der Waals surface area contributed by atoms with Gasteiger partial charge in [-0.15, -0.1) is 0 Å². The van der Waals surface area contributed by atoms with Crippen LogP contribution in [0.5, 0.6) is 0 Å². The third kappa shape index (κ3) is 10.8. The second-order valence-electron chi connectivity index (χ2n) is 4.36. The Hall–Kier alpha value is -1.14. The molecule has 1 unspecified atom stereocenters. The Labute approximate surface area is 120 Å². The average molecular weight is 290 g/mol. The fourth-order valence-corrected chi connectivity index (χ4v) is 1.54. The van der Waals surface area contributed by atoms with Gasteiger partial charge in [0.25, 0.3) is 0 Å². The van der Waals surface area contributed by atoms with E-state index in [0.29, 0.717) is 32.7 Å². The maximum Gasteiger partial charge on any atom is 0.335 e. The van der Waals surface area contributed by atoms with E-state index in [4.69, 9.17) is 19.3 Å². The SMILES string of the molecule is CCCCOCCOC(CCCC(=O)O)C(=O)OCC. The quantitative estimate of drug-likeness (QED) is 0.413. The molecule has 1 N–H and O–H groups in total. The molecule has 0 spiro atoms. The Morgan fingerprint density at radius 3 is 2.45 bits per heavy atom. The van der Waals surface area contributed by atoms with Gasteiger partial charge in [0.15, 0.2) is 6.10 Å². The first-order valence-corrected chi connectivity index (χ1v) is 7.19. The number of ether oxygens (including phenoxy) is 3. The molecular weight excluding hydrogens is 264 g/mol. The number of carbonyl (C=O) groups excluding carboxylic acids is 1. The number of hydrogen-bond donors (Lipinski definition) is 1. The number of carbonyl (C=O) groups is 2. The number of carboxylic acid groups (broad SMARTS) is 1. The lowest BCUT2D eigenvalue weighted by molar-refractivity contribution is -0.158. The standard InChI is InChI=1S/C14H26O6/c1-3-5-9-18-10-11-20-12(14(17)19-4-2)7-6-8-13(15)16/h12H,3-11H2,1-2H3,(H,15,16). The predicted molar refractivity (Wildman–Crippen MR) is 73.6 cm³/mol. The van der Waals surface area contributed by atoms with Gasteiger partial charge < -0.3 is 19.3 Å². The summed E-state index contributed by atoms with van der Waals surface area (Å²) in [5.41, 5.74) is 0. The van der Waals surface area contributed by atoms with Crippen LogP contribution < -0.4 is 0 Å². The molecule has 0 fully saturated rings. The number of unbranched alkanes of at least 4 members (excludes halogenated alkanes) is 1. The zero-order chi connectivity index (χ0) is 15.2. The summed E-state index contributed by atoms with van der Waals surface area (Å²) in [4.78, 5) is 22.1. The van der Waals surface area contributed by atoms with Gasteiger partial charge in [-0.3, -0.25) is 4.79 Å². The molecule has 0 rings (SSSR count). The van der Waals surface area contributed by atoms with E-state index in [1.54, 1.807) is 6.92 Å². The first-order valence-electron chi connectivity index (χ1n) is 7.19. The maximum atomic E-state index is 11.6. The molecule has 0 aromatic carbocycles. The number of esters is 1. The highest BCUT2D eigenvalue weighted by Crippen LogP contribution is 2.08. The molecule has 0 heterocycles. The molecular formula is C14H26O6. The van der Waals surface area contributed by atoms with Crippen molar-refractivity contribution in [3.63, 3.8) is 0 Å². The van der Waals surface area contributed by atoms with Gasteiger partial charge in [-0.25, -0.2) is 4.79 Å². The van der Waals surface area contributed by atoms with Gasteiger partial charge >= 0.3 is 11.9 Å². The van der Waals surface area contributed by atoms with Gasteiger partial charge in [0.1, 0.15) is 0 Å². The van der Waals surface area contributed by atoms with E-state index in [2.05, 4.69) is 6.92 Å². The van der Waals surface area contributed by atoms with E-state index in [1.807, 2.05) is 0 Å². The van der Waals surface area contributed by atoms with Gasteiger partial charge in [0, 0.05) is 13.0 Å². The molecule has 0 saturated heterocycles. The normalized spacial score (nSPS) is 12.1. The van der Waals surface area contributed by atoms with Crippen molar-refractivity contribution in [2.75, 3.05) is 26.4 Å². The van der Waals surface area contributed by atoms with Gasteiger partial charge in [-0.2, -0.15) is 0 Å². The lowest BCUT2D eigenvalue weighted by atomic mass is 10.1. The number of rotatable bonds is 13. The van der Waals surface area contributed by atoms with E-state index in [1.165, 1.54) is 0 Å². The first-order chi connectivity index (χ1) is 9.61. The summed E-state index contributed by atoms with van der Waals surface area (Å²) >= 11 is 0. The second-order valence-corrected chi connectivity index (χ2v) is 4.36. The molecule has 0 aliphatic carbocycles. The van der Waals surface area contributed by atoms with E-state index < -0.39 is 18.0 Å². The van der Waals surface area contributed by atoms with Crippen LogP contribution in [0, 0.1) is 0 Å². The van der Waals surface area contributed by atoms with Crippen molar-refractivity contribution in [2.45, 2.75) is 52.1 Å². The summed E-state index contributed by atoms with van der Waals surface area (Å²) in [5, 5.41) is 8.59. The Balaban J connectivity index is 3.92. The monoisotopic (exact) mass is 290 g/mol. The van der Waals surface area contributed by atoms with Crippen molar-refractivity contribution in [3.05, 3.63) is 0 Å². The number of aliphatic carboxylic acids is 1. The lowest BCUT2D eigenvalue weighted by Gasteiger charge is -2.16. The van der Waals surface area contributed by atoms with Crippen molar-refractivity contribution in [3.8, 4) is 0 Å². The summed E-state index contributed by atoms with van der Waals surface area (Å²) in [6.45, 7) is 5.50. The molecule has 20 heavy (non-hydrogen) atoms. The highest BCUT2D eigenvalue weighted by molar-refractivity contribution is 5.74. The van der Waals surface area contributed by atoms with E-state index in [0.717, 1.165) is 12.8 Å². The van der Waals surface area contributed by atoms with Crippen LogP contribution in [-0.4, -0.2) is 49.6 Å². The van der Waals surface area contributed by atoms with E-state index in [9.17, 15) is 9.59 Å². The molecule has 1 atom stereocenters. The van der Waals surface area contributed by atoms with Crippen LogP contribution in [0.1, 0.15) is 46.0 Å². The molecule has 0 aliphatic heterocycles. The molecule has 0 aromatic heterocycles. The van der Waals surface area contributed by atoms with Crippen LogP contribution in [0.15, 0.2) is 0 Å². The fraction of sp³-hybridized carbons (Fsp3) is 0.857. The van der Waals surface area contributed by atoms with Gasteiger partial charge in [-0.1, -0.05) is 13.3 Å². The van der Waals surface area contributed by atoms with Crippen LogP contribution >= 0.6 is 0 Å². The minimum absolute atomic E-state index is 0.0201. The van der Waals surface area contributed by atoms with Crippen LogP contribution in [0.4, 0.5) is 0 Å². The summed E-state index contributed by atoms with van der Waals surface area (Å²) in [6.07, 6.45) is 2.12. The van der Waals surface area contributed by atoms with Crippen LogP contribution in [0.3, 0.4) is 0 Å². The fourth-order valence-electron chi connectivity index (χ4n) is 1.54. The van der Waals surface area contributed by atoms with Crippen LogP contribution in [0.2, 0.25) is 0 Å². The lowest BCUT2D eigenvalue weighted by Crippen LogP contribution is -2.28. The molecule has 0 aromatic rings. The van der Waals surface area contributed by atoms with Crippen molar-refractivity contribution in [1.29, 1.82) is 0 Å². The highest BCUT2D eigenvalue weighted by atomic mass is 16.6. The molecule has 0 saturated carbocycles. The minimum Gasteiger partial charge on any atom is -0.481 e. The number of carboxylic acids is 1. The second kappa shape index (κ2) is 12.9. The third-order valence-electron chi connectivity index (χ3n) is 2.60. The maximum absolute atomic E-state index is 11.6. The summed E-state index contributed by atoms with van der Waals surface area (Å²) in [5.74, 6) is -1.32. The zero-order valence-corrected chi connectivity index (χ0v) is 12.4. The zero-order valence-electron chi connectivity index (χ0n) is 12.4. The largest absolute Gasteiger partial charge is 0.481 e. The van der Waals surface area contributed by atoms with Crippen molar-refractivity contribution < 1.29 is 28.9 Å². The van der Waals surface area contributed by atoms with Crippen molar-refractivity contribution in [2.24, 2.45) is 0 Å². The molecule has 0 radical (unpaired) electrons. The molecule has 6 heteroatoms. The van der Waals surface area contributed by atoms with Gasteiger partial charge in [0.2, 0.25) is 0 Å². The molecule has 118 valence electrons. The van der Waals surface area contributed by atoms with Gasteiger partial charge in [-0.05, 0) is 26.2 Å². The molecule has 0 amide bonds. The van der Waals surface area contributed by atoms with Crippen LogP contribution in [-0.2, 0) is 23.8 Å². The first kappa shape index (κ1) is 18.9. The topological polar surface area (TPSA) is 82.1 Å². The third-order valence-corrected chi connectivity index (χ3v) is 2.60. The van der Waals surface area contributed by atoms with Crippen LogP contribution in [0.25, 0.3) is 0 Å². The van der Waals surface area contributed by atoms with E-state index >= 15 is 0 Å². The Kier molecular flexibility index (Phi) is 12.1. The average Bonchev–Trinajstić information content (AvgIpc) is 2.40. The Bertz CT molecular complexity index is 266.